The zero-order valence-corrected chi connectivity index (χ0v) is 6.54. The average molecular weight is 151 g/mol. The summed E-state index contributed by atoms with van der Waals surface area (Å²) in [5.41, 5.74) is 2.52. The molecule has 2 aromatic rings. The fourth-order valence-corrected chi connectivity index (χ4v) is 1.77. The second kappa shape index (κ2) is 1.98. The summed E-state index contributed by atoms with van der Waals surface area (Å²) in [6.45, 7) is 0. The molecule has 0 spiro atoms. The summed E-state index contributed by atoms with van der Waals surface area (Å²) < 4.78 is 0. The van der Waals surface area contributed by atoms with Crippen LogP contribution in [0.25, 0.3) is 16.8 Å². The predicted molar refractivity (Wildman–Crippen MR) is 50.8 cm³/mol. The number of rotatable bonds is 0. The van der Waals surface area contributed by atoms with Gasteiger partial charge in [0.1, 0.15) is 0 Å². The van der Waals surface area contributed by atoms with E-state index in [4.69, 9.17) is 0 Å². The molecule has 2 aromatic carbocycles. The van der Waals surface area contributed by atoms with Crippen LogP contribution in [0, 0.1) is 6.08 Å². The Hall–Kier alpha value is -1.56. The Morgan fingerprint density at radius 3 is 2.67 bits per heavy atom. The molecule has 0 heterocycles. The van der Waals surface area contributed by atoms with Crippen LogP contribution in [0.4, 0.5) is 0 Å². The molecule has 3 rings (SSSR count). The van der Waals surface area contributed by atoms with Crippen LogP contribution in [0.3, 0.4) is 0 Å². The number of hydrogen-bond donors (Lipinski definition) is 0. The molecule has 56 valence electrons. The average Bonchev–Trinajstić information content (AvgIpc) is 2.52. The van der Waals surface area contributed by atoms with Gasteiger partial charge in [0.2, 0.25) is 0 Å². The van der Waals surface area contributed by atoms with E-state index in [1.54, 1.807) is 0 Å². The van der Waals surface area contributed by atoms with Gasteiger partial charge in [-0.2, -0.15) is 5.56 Å². The van der Waals surface area contributed by atoms with Gasteiger partial charge >= 0.3 is 0 Å². The quantitative estimate of drug-likeness (QED) is 0.433. The van der Waals surface area contributed by atoms with Crippen molar-refractivity contribution in [3.8, 4) is 0 Å². The van der Waals surface area contributed by atoms with Gasteiger partial charge in [-0.3, -0.25) is 0 Å². The van der Waals surface area contributed by atoms with Crippen LogP contribution in [0.2, 0.25) is 0 Å². The Morgan fingerprint density at radius 1 is 0.917 bits per heavy atom. The van der Waals surface area contributed by atoms with Gasteiger partial charge in [0, 0.05) is 0 Å². The summed E-state index contributed by atoms with van der Waals surface area (Å²) in [4.78, 5) is 0. The molecule has 1 aliphatic carbocycles. The molecule has 0 fully saturated rings. The van der Waals surface area contributed by atoms with Crippen molar-refractivity contribution in [1.29, 1.82) is 0 Å². The molecular formula is C12H7-. The first-order valence-corrected chi connectivity index (χ1v) is 4.07. The molecule has 0 atom stereocenters. The second-order valence-corrected chi connectivity index (χ2v) is 3.04. The second-order valence-electron chi connectivity index (χ2n) is 3.04. The molecule has 0 saturated carbocycles. The van der Waals surface area contributed by atoms with E-state index in [1.165, 1.54) is 21.9 Å². The fourth-order valence-electron chi connectivity index (χ4n) is 1.77. The number of hydrogen-bond acceptors (Lipinski definition) is 0. The lowest BCUT2D eigenvalue weighted by Crippen LogP contribution is -1.76. The highest BCUT2D eigenvalue weighted by Crippen LogP contribution is 2.28. The first-order valence-electron chi connectivity index (χ1n) is 4.07. The molecule has 0 radical (unpaired) electrons. The van der Waals surface area contributed by atoms with Crippen LogP contribution < -0.4 is 0 Å². The van der Waals surface area contributed by atoms with Gasteiger partial charge in [-0.1, -0.05) is 23.6 Å². The summed E-state index contributed by atoms with van der Waals surface area (Å²) in [6.07, 6.45) is 5.30. The first kappa shape index (κ1) is 6.01. The standard InChI is InChI=1S/C12H7/c1-3-9-4-2-6-11-8-7-10(5-1)12(9)11/h1-7H/q-1. The van der Waals surface area contributed by atoms with Crippen molar-refractivity contribution in [1.82, 2.24) is 0 Å². The Kier molecular flexibility index (Phi) is 0.991. The molecule has 0 aromatic heterocycles. The molecule has 12 heavy (non-hydrogen) atoms. The van der Waals surface area contributed by atoms with Gasteiger partial charge in [0.25, 0.3) is 0 Å². The maximum atomic E-state index is 3.25. The van der Waals surface area contributed by atoms with Crippen LogP contribution in [0.5, 0.6) is 0 Å². The summed E-state index contributed by atoms with van der Waals surface area (Å²) in [7, 11) is 0. The minimum Gasteiger partial charge on any atom is -0.151 e. The summed E-state index contributed by atoms with van der Waals surface area (Å²) >= 11 is 0. The van der Waals surface area contributed by atoms with E-state index in [2.05, 4.69) is 48.6 Å². The van der Waals surface area contributed by atoms with Gasteiger partial charge < -0.3 is 0 Å². The third-order valence-electron chi connectivity index (χ3n) is 2.32. The van der Waals surface area contributed by atoms with Gasteiger partial charge in [-0.15, -0.1) is 41.3 Å². The van der Waals surface area contributed by atoms with Gasteiger partial charge in [0.15, 0.2) is 0 Å². The fraction of sp³-hybridized carbons (Fsp3) is 0. The van der Waals surface area contributed by atoms with E-state index in [-0.39, 0.29) is 0 Å². The lowest BCUT2D eigenvalue weighted by atomic mass is 10.0. The van der Waals surface area contributed by atoms with Crippen molar-refractivity contribution < 1.29 is 0 Å². The Balaban J connectivity index is 2.64. The van der Waals surface area contributed by atoms with Crippen LogP contribution in [-0.2, 0) is 0 Å². The van der Waals surface area contributed by atoms with E-state index in [1.807, 2.05) is 0 Å². The van der Waals surface area contributed by atoms with Gasteiger partial charge in [-0.25, -0.2) is 0 Å². The van der Waals surface area contributed by atoms with E-state index in [0.29, 0.717) is 0 Å². The molecule has 0 saturated heterocycles. The third kappa shape index (κ3) is 0.620. The van der Waals surface area contributed by atoms with Crippen molar-refractivity contribution in [2.24, 2.45) is 0 Å². The summed E-state index contributed by atoms with van der Waals surface area (Å²) in [5.74, 6) is 0. The highest BCUT2D eigenvalue weighted by molar-refractivity contribution is 5.97. The molecule has 0 heteroatoms. The third-order valence-corrected chi connectivity index (χ3v) is 2.32. The Labute approximate surface area is 71.1 Å². The molecule has 0 N–H and O–H groups in total. The van der Waals surface area contributed by atoms with Gasteiger partial charge in [0.05, 0.1) is 0 Å². The smallest absolute Gasteiger partial charge is 0.0653 e. The number of benzene rings is 2. The molecule has 0 nitrogen and oxygen atoms in total. The van der Waals surface area contributed by atoms with Crippen molar-refractivity contribution in [3.05, 3.63) is 53.6 Å². The maximum absolute atomic E-state index is 3.25. The molecule has 0 bridgehead atoms. The zero-order chi connectivity index (χ0) is 7.97. The summed E-state index contributed by atoms with van der Waals surface area (Å²) in [6, 6.07) is 12.7. The van der Waals surface area contributed by atoms with Gasteiger partial charge in [-0.05, 0) is 0 Å². The topological polar surface area (TPSA) is 0 Å². The van der Waals surface area contributed by atoms with E-state index in [9.17, 15) is 0 Å². The van der Waals surface area contributed by atoms with E-state index in [0.717, 1.165) is 0 Å². The van der Waals surface area contributed by atoms with Crippen LogP contribution >= 0.6 is 0 Å². The van der Waals surface area contributed by atoms with Crippen LogP contribution in [0.15, 0.2) is 36.4 Å². The predicted octanol–water partition coefficient (Wildman–Crippen LogP) is 3.02. The van der Waals surface area contributed by atoms with Crippen molar-refractivity contribution in [2.45, 2.75) is 0 Å². The molecule has 0 aliphatic heterocycles. The Morgan fingerprint density at radius 2 is 1.75 bits per heavy atom. The minimum absolute atomic E-state index is 1.23. The highest BCUT2D eigenvalue weighted by Gasteiger charge is 1.97. The van der Waals surface area contributed by atoms with Crippen molar-refractivity contribution >= 4 is 16.8 Å². The minimum atomic E-state index is 1.23. The van der Waals surface area contributed by atoms with Crippen LogP contribution in [0.1, 0.15) is 11.1 Å². The monoisotopic (exact) mass is 151 g/mol. The van der Waals surface area contributed by atoms with Crippen LogP contribution in [-0.4, -0.2) is 0 Å². The summed E-state index contributed by atoms with van der Waals surface area (Å²) in [5, 5.41) is 2.66. The molecule has 0 amide bonds. The SMILES string of the molecule is [C-]1=Cc2cccc3cccc1c23. The van der Waals surface area contributed by atoms with E-state index < -0.39 is 0 Å². The Bertz CT molecular complexity index is 438. The first-order chi connectivity index (χ1) is 5.95. The molecule has 0 unspecified atom stereocenters. The van der Waals surface area contributed by atoms with E-state index >= 15 is 0 Å². The maximum Gasteiger partial charge on any atom is -0.0653 e. The van der Waals surface area contributed by atoms with Crippen molar-refractivity contribution in [3.63, 3.8) is 0 Å². The normalized spacial score (nSPS) is 12.7. The molecular weight excluding hydrogens is 144 g/mol. The lowest BCUT2D eigenvalue weighted by molar-refractivity contribution is 1.69. The van der Waals surface area contributed by atoms with Crippen molar-refractivity contribution in [2.75, 3.05) is 0 Å². The molecule has 1 aliphatic rings. The zero-order valence-electron chi connectivity index (χ0n) is 6.54. The largest absolute Gasteiger partial charge is 0.151 e. The highest BCUT2D eigenvalue weighted by atomic mass is 14.1. The lowest BCUT2D eigenvalue weighted by Gasteiger charge is -2.07.